The fourth-order valence-corrected chi connectivity index (χ4v) is 2.61. The topological polar surface area (TPSA) is 12.0 Å². The standard InChI is InChI=1S/C17H19ClFN/c1-12-5-3-4-6-14(12)9-10-20-13(2)16-8-7-15(19)11-17(16)18/h3-8,11,13,20H,9-10H2,1-2H3. The summed E-state index contributed by atoms with van der Waals surface area (Å²) in [4.78, 5) is 0. The van der Waals surface area contributed by atoms with E-state index in [-0.39, 0.29) is 11.9 Å². The van der Waals surface area contributed by atoms with Crippen LogP contribution in [-0.2, 0) is 6.42 Å². The van der Waals surface area contributed by atoms with Gasteiger partial charge in [0.2, 0.25) is 0 Å². The summed E-state index contributed by atoms with van der Waals surface area (Å²) < 4.78 is 13.0. The minimum absolute atomic E-state index is 0.104. The van der Waals surface area contributed by atoms with Crippen molar-refractivity contribution < 1.29 is 4.39 Å². The van der Waals surface area contributed by atoms with Crippen molar-refractivity contribution in [2.75, 3.05) is 6.54 Å². The number of nitrogens with one attached hydrogen (secondary N) is 1. The van der Waals surface area contributed by atoms with Crippen molar-refractivity contribution in [1.29, 1.82) is 0 Å². The number of aryl methyl sites for hydroxylation is 1. The summed E-state index contributed by atoms with van der Waals surface area (Å²) in [6, 6.07) is 13.0. The second kappa shape index (κ2) is 6.87. The van der Waals surface area contributed by atoms with E-state index in [4.69, 9.17) is 11.6 Å². The van der Waals surface area contributed by atoms with Crippen molar-refractivity contribution in [3.05, 3.63) is 70.0 Å². The predicted molar refractivity (Wildman–Crippen MR) is 82.7 cm³/mol. The summed E-state index contributed by atoms with van der Waals surface area (Å²) in [6.07, 6.45) is 0.968. The van der Waals surface area contributed by atoms with E-state index in [0.717, 1.165) is 18.5 Å². The van der Waals surface area contributed by atoms with Crippen molar-refractivity contribution >= 4 is 11.6 Å². The van der Waals surface area contributed by atoms with Crippen LogP contribution in [0, 0.1) is 12.7 Å². The molecule has 0 aliphatic rings. The molecule has 0 aliphatic carbocycles. The Morgan fingerprint density at radius 1 is 1.20 bits per heavy atom. The average Bonchev–Trinajstić information content (AvgIpc) is 2.40. The SMILES string of the molecule is Cc1ccccc1CCNC(C)c1ccc(F)cc1Cl. The van der Waals surface area contributed by atoms with E-state index < -0.39 is 0 Å². The molecular formula is C17H19ClFN. The highest BCUT2D eigenvalue weighted by Gasteiger charge is 2.09. The number of halogens is 2. The lowest BCUT2D eigenvalue weighted by Gasteiger charge is -2.16. The van der Waals surface area contributed by atoms with E-state index in [9.17, 15) is 4.39 Å². The summed E-state index contributed by atoms with van der Waals surface area (Å²) in [5, 5.41) is 3.90. The zero-order chi connectivity index (χ0) is 14.5. The summed E-state index contributed by atoms with van der Waals surface area (Å²) in [6.45, 7) is 5.02. The summed E-state index contributed by atoms with van der Waals surface area (Å²) in [5.74, 6) is -0.300. The van der Waals surface area contributed by atoms with Crippen LogP contribution in [0.2, 0.25) is 5.02 Å². The molecule has 106 valence electrons. The third kappa shape index (κ3) is 3.81. The average molecular weight is 292 g/mol. The van der Waals surface area contributed by atoms with Crippen LogP contribution < -0.4 is 5.32 Å². The van der Waals surface area contributed by atoms with Crippen LogP contribution in [0.15, 0.2) is 42.5 Å². The van der Waals surface area contributed by atoms with Crippen LogP contribution in [0.5, 0.6) is 0 Å². The molecule has 0 saturated heterocycles. The van der Waals surface area contributed by atoms with Gasteiger partial charge >= 0.3 is 0 Å². The van der Waals surface area contributed by atoms with E-state index in [1.165, 1.54) is 23.3 Å². The monoisotopic (exact) mass is 291 g/mol. The van der Waals surface area contributed by atoms with Crippen LogP contribution in [0.25, 0.3) is 0 Å². The molecule has 0 bridgehead atoms. The highest BCUT2D eigenvalue weighted by molar-refractivity contribution is 6.31. The van der Waals surface area contributed by atoms with E-state index >= 15 is 0 Å². The Bertz CT molecular complexity index is 583. The second-order valence-corrected chi connectivity index (χ2v) is 5.43. The van der Waals surface area contributed by atoms with Crippen molar-refractivity contribution in [2.24, 2.45) is 0 Å². The molecule has 1 N–H and O–H groups in total. The normalized spacial score (nSPS) is 12.4. The maximum absolute atomic E-state index is 13.0. The smallest absolute Gasteiger partial charge is 0.124 e. The molecule has 3 heteroatoms. The van der Waals surface area contributed by atoms with Gasteiger partial charge in [0, 0.05) is 11.1 Å². The van der Waals surface area contributed by atoms with Gasteiger partial charge < -0.3 is 5.32 Å². The van der Waals surface area contributed by atoms with Gasteiger partial charge in [-0.2, -0.15) is 0 Å². The molecule has 2 rings (SSSR count). The molecule has 0 spiro atoms. The van der Waals surface area contributed by atoms with Crippen LogP contribution >= 0.6 is 11.6 Å². The molecule has 1 atom stereocenters. The molecule has 1 nitrogen and oxygen atoms in total. The Balaban J connectivity index is 1.92. The highest BCUT2D eigenvalue weighted by Crippen LogP contribution is 2.23. The minimum Gasteiger partial charge on any atom is -0.310 e. The first-order chi connectivity index (χ1) is 9.58. The Labute approximate surface area is 124 Å². The first-order valence-electron chi connectivity index (χ1n) is 6.81. The summed E-state index contributed by atoms with van der Waals surface area (Å²) in [7, 11) is 0. The van der Waals surface area contributed by atoms with Crippen molar-refractivity contribution in [1.82, 2.24) is 5.32 Å². The van der Waals surface area contributed by atoms with Gasteiger partial charge in [-0.05, 0) is 55.6 Å². The van der Waals surface area contributed by atoms with Crippen LogP contribution in [-0.4, -0.2) is 6.54 Å². The second-order valence-electron chi connectivity index (χ2n) is 5.02. The molecule has 0 saturated carbocycles. The summed E-state index contributed by atoms with van der Waals surface area (Å²) >= 11 is 6.07. The first kappa shape index (κ1) is 15.0. The minimum atomic E-state index is -0.300. The Morgan fingerprint density at radius 3 is 2.65 bits per heavy atom. The number of rotatable bonds is 5. The molecule has 2 aromatic rings. The fraction of sp³-hybridized carbons (Fsp3) is 0.294. The third-order valence-electron chi connectivity index (χ3n) is 3.54. The van der Waals surface area contributed by atoms with E-state index in [0.29, 0.717) is 5.02 Å². The van der Waals surface area contributed by atoms with E-state index in [2.05, 4.69) is 30.4 Å². The molecule has 0 amide bonds. The van der Waals surface area contributed by atoms with Crippen LogP contribution in [0.4, 0.5) is 4.39 Å². The molecule has 0 aliphatic heterocycles. The first-order valence-corrected chi connectivity index (χ1v) is 7.18. The Kier molecular flexibility index (Phi) is 5.16. The van der Waals surface area contributed by atoms with Gasteiger partial charge in [0.15, 0.2) is 0 Å². The fourth-order valence-electron chi connectivity index (χ4n) is 2.28. The molecule has 2 aromatic carbocycles. The molecule has 0 radical (unpaired) electrons. The molecule has 1 unspecified atom stereocenters. The summed E-state index contributed by atoms with van der Waals surface area (Å²) in [5.41, 5.74) is 3.58. The zero-order valence-electron chi connectivity index (χ0n) is 11.8. The molecule has 0 heterocycles. The van der Waals surface area contributed by atoms with Gasteiger partial charge in [0.25, 0.3) is 0 Å². The Hall–Kier alpha value is -1.38. The van der Waals surface area contributed by atoms with Crippen molar-refractivity contribution in [2.45, 2.75) is 26.3 Å². The van der Waals surface area contributed by atoms with Gasteiger partial charge in [-0.25, -0.2) is 4.39 Å². The molecular weight excluding hydrogens is 273 g/mol. The molecule has 0 aromatic heterocycles. The predicted octanol–water partition coefficient (Wildman–Crippen LogP) is 4.68. The lowest BCUT2D eigenvalue weighted by atomic mass is 10.0. The molecule has 0 fully saturated rings. The van der Waals surface area contributed by atoms with E-state index in [1.807, 2.05) is 13.0 Å². The number of hydrogen-bond donors (Lipinski definition) is 1. The van der Waals surface area contributed by atoms with Gasteiger partial charge in [0.1, 0.15) is 5.82 Å². The third-order valence-corrected chi connectivity index (χ3v) is 3.86. The molecule has 20 heavy (non-hydrogen) atoms. The number of hydrogen-bond acceptors (Lipinski definition) is 1. The van der Waals surface area contributed by atoms with Gasteiger partial charge in [0.05, 0.1) is 0 Å². The van der Waals surface area contributed by atoms with Gasteiger partial charge in [-0.15, -0.1) is 0 Å². The number of benzene rings is 2. The van der Waals surface area contributed by atoms with Crippen molar-refractivity contribution in [3.8, 4) is 0 Å². The maximum atomic E-state index is 13.0. The van der Waals surface area contributed by atoms with Crippen LogP contribution in [0.1, 0.15) is 29.7 Å². The zero-order valence-corrected chi connectivity index (χ0v) is 12.5. The van der Waals surface area contributed by atoms with E-state index in [1.54, 1.807) is 6.07 Å². The quantitative estimate of drug-likeness (QED) is 0.843. The van der Waals surface area contributed by atoms with Crippen LogP contribution in [0.3, 0.4) is 0 Å². The van der Waals surface area contributed by atoms with Crippen molar-refractivity contribution in [3.63, 3.8) is 0 Å². The lowest BCUT2D eigenvalue weighted by molar-refractivity contribution is 0.573. The Morgan fingerprint density at radius 2 is 1.95 bits per heavy atom. The van der Waals surface area contributed by atoms with Gasteiger partial charge in [-0.3, -0.25) is 0 Å². The lowest BCUT2D eigenvalue weighted by Crippen LogP contribution is -2.21. The van der Waals surface area contributed by atoms with Gasteiger partial charge in [-0.1, -0.05) is 41.9 Å². The maximum Gasteiger partial charge on any atom is 0.124 e. The largest absolute Gasteiger partial charge is 0.310 e. The highest BCUT2D eigenvalue weighted by atomic mass is 35.5.